The molecule has 2 rings (SSSR count). The lowest BCUT2D eigenvalue weighted by Crippen LogP contribution is -2.53. The predicted molar refractivity (Wildman–Crippen MR) is 73.4 cm³/mol. The molecule has 3 nitrogen and oxygen atoms in total. The van der Waals surface area contributed by atoms with Gasteiger partial charge in [0.15, 0.2) is 5.96 Å². The Labute approximate surface area is 103 Å². The zero-order valence-corrected chi connectivity index (χ0v) is 11.1. The Hall–Kier alpha value is -1.51. The molecular formula is C14H21N3. The second-order valence-corrected chi connectivity index (χ2v) is 5.36. The summed E-state index contributed by atoms with van der Waals surface area (Å²) >= 11 is 0. The van der Waals surface area contributed by atoms with Gasteiger partial charge in [-0.05, 0) is 37.5 Å². The molecule has 1 atom stereocenters. The lowest BCUT2D eigenvalue weighted by molar-refractivity contribution is 0.366. The zero-order chi connectivity index (χ0) is 12.6. The summed E-state index contributed by atoms with van der Waals surface area (Å²) in [6.45, 7) is 9.53. The minimum absolute atomic E-state index is 0.0160. The number of nitrogens with two attached hydrogens (primary N) is 1. The summed E-state index contributed by atoms with van der Waals surface area (Å²) in [7, 11) is 0. The van der Waals surface area contributed by atoms with Crippen LogP contribution in [-0.4, -0.2) is 18.0 Å². The lowest BCUT2D eigenvalue weighted by atomic mass is 9.87. The molecule has 1 heterocycles. The van der Waals surface area contributed by atoms with Crippen LogP contribution in [0.15, 0.2) is 29.3 Å². The average Bonchev–Trinajstić information content (AvgIpc) is 2.56. The molecule has 0 aliphatic carbocycles. The number of guanidine groups is 1. The van der Waals surface area contributed by atoms with Crippen molar-refractivity contribution < 1.29 is 0 Å². The zero-order valence-electron chi connectivity index (χ0n) is 11.1. The number of hydrogen-bond donors (Lipinski definition) is 1. The minimum atomic E-state index is -0.0160. The summed E-state index contributed by atoms with van der Waals surface area (Å²) < 4.78 is 0. The third kappa shape index (κ3) is 1.90. The highest BCUT2D eigenvalue weighted by Gasteiger charge is 2.41. The number of rotatable bonds is 2. The van der Waals surface area contributed by atoms with Gasteiger partial charge in [0.25, 0.3) is 0 Å². The Morgan fingerprint density at radius 2 is 2.12 bits per heavy atom. The number of aliphatic imine (C=N–C) groups is 1. The number of hydrogen-bond acceptors (Lipinski definition) is 3. The van der Waals surface area contributed by atoms with Crippen molar-refractivity contribution >= 4 is 11.6 Å². The molecule has 0 aromatic heterocycles. The average molecular weight is 231 g/mol. The van der Waals surface area contributed by atoms with E-state index in [9.17, 15) is 0 Å². The van der Waals surface area contributed by atoms with Crippen molar-refractivity contribution in [2.45, 2.75) is 33.2 Å². The topological polar surface area (TPSA) is 41.6 Å². The van der Waals surface area contributed by atoms with Gasteiger partial charge < -0.3 is 10.6 Å². The van der Waals surface area contributed by atoms with E-state index in [1.54, 1.807) is 0 Å². The predicted octanol–water partition coefficient (Wildman–Crippen LogP) is 2.54. The minimum Gasteiger partial charge on any atom is -0.369 e. The molecule has 0 fully saturated rings. The van der Waals surface area contributed by atoms with Crippen molar-refractivity contribution in [1.82, 2.24) is 0 Å². The van der Waals surface area contributed by atoms with E-state index in [4.69, 9.17) is 5.73 Å². The number of aryl methyl sites for hydroxylation is 1. The van der Waals surface area contributed by atoms with Gasteiger partial charge in [-0.2, -0.15) is 0 Å². The Kier molecular flexibility index (Phi) is 2.86. The molecule has 3 heteroatoms. The molecule has 2 N–H and O–H groups in total. The highest BCUT2D eigenvalue weighted by molar-refractivity contribution is 5.98. The molecule has 0 amide bonds. The molecule has 92 valence electrons. The second kappa shape index (κ2) is 4.06. The van der Waals surface area contributed by atoms with E-state index in [-0.39, 0.29) is 5.54 Å². The fraction of sp³-hybridized carbons (Fsp3) is 0.500. The Morgan fingerprint density at radius 3 is 2.71 bits per heavy atom. The van der Waals surface area contributed by atoms with Crippen LogP contribution in [0.3, 0.4) is 0 Å². The van der Waals surface area contributed by atoms with Crippen LogP contribution in [0.2, 0.25) is 0 Å². The van der Waals surface area contributed by atoms with Gasteiger partial charge in [-0.15, -0.1) is 0 Å². The molecule has 1 aromatic rings. The van der Waals surface area contributed by atoms with Crippen molar-refractivity contribution in [3.05, 3.63) is 29.8 Å². The second-order valence-electron chi connectivity index (χ2n) is 5.36. The summed E-state index contributed by atoms with van der Waals surface area (Å²) in [5, 5.41) is 0. The third-order valence-corrected chi connectivity index (χ3v) is 3.80. The van der Waals surface area contributed by atoms with Gasteiger partial charge >= 0.3 is 0 Å². The fourth-order valence-electron chi connectivity index (χ4n) is 2.28. The summed E-state index contributed by atoms with van der Waals surface area (Å²) in [5.74, 6) is 1.12. The molecule has 0 radical (unpaired) electrons. The van der Waals surface area contributed by atoms with Crippen molar-refractivity contribution in [3.8, 4) is 0 Å². The van der Waals surface area contributed by atoms with Gasteiger partial charge in [0.2, 0.25) is 0 Å². The van der Waals surface area contributed by atoms with Crippen LogP contribution in [0.25, 0.3) is 0 Å². The van der Waals surface area contributed by atoms with Crippen LogP contribution in [-0.2, 0) is 0 Å². The number of benzene rings is 1. The molecule has 0 saturated carbocycles. The van der Waals surface area contributed by atoms with E-state index in [2.05, 4.69) is 61.9 Å². The van der Waals surface area contributed by atoms with Gasteiger partial charge in [0.05, 0.1) is 12.1 Å². The summed E-state index contributed by atoms with van der Waals surface area (Å²) in [4.78, 5) is 6.59. The van der Waals surface area contributed by atoms with Crippen molar-refractivity contribution in [2.75, 3.05) is 11.4 Å². The van der Waals surface area contributed by atoms with Crippen LogP contribution in [0.4, 0.5) is 5.69 Å². The lowest BCUT2D eigenvalue weighted by Gasteiger charge is -2.39. The van der Waals surface area contributed by atoms with Crippen molar-refractivity contribution in [2.24, 2.45) is 16.6 Å². The quantitative estimate of drug-likeness (QED) is 0.850. The van der Waals surface area contributed by atoms with Crippen LogP contribution in [0, 0.1) is 12.8 Å². The Balaban J connectivity index is 2.44. The van der Waals surface area contributed by atoms with Crippen LogP contribution in [0.1, 0.15) is 26.3 Å². The Bertz CT molecular complexity index is 451. The van der Waals surface area contributed by atoms with E-state index in [0.29, 0.717) is 11.9 Å². The van der Waals surface area contributed by atoms with Crippen molar-refractivity contribution in [3.63, 3.8) is 0 Å². The van der Waals surface area contributed by atoms with Crippen LogP contribution in [0.5, 0.6) is 0 Å². The molecule has 0 saturated heterocycles. The monoisotopic (exact) mass is 231 g/mol. The molecule has 1 aromatic carbocycles. The molecule has 17 heavy (non-hydrogen) atoms. The normalized spacial score (nSPS) is 24.3. The molecule has 0 bridgehead atoms. The first-order valence-electron chi connectivity index (χ1n) is 6.12. The van der Waals surface area contributed by atoms with Gasteiger partial charge in [-0.25, -0.2) is 0 Å². The van der Waals surface area contributed by atoms with Gasteiger partial charge in [0, 0.05) is 5.69 Å². The van der Waals surface area contributed by atoms with E-state index < -0.39 is 0 Å². The maximum Gasteiger partial charge on any atom is 0.196 e. The van der Waals surface area contributed by atoms with E-state index in [0.717, 1.165) is 12.2 Å². The first kappa shape index (κ1) is 12.0. The van der Waals surface area contributed by atoms with Gasteiger partial charge in [-0.1, -0.05) is 26.0 Å². The summed E-state index contributed by atoms with van der Waals surface area (Å²) in [5.41, 5.74) is 8.42. The van der Waals surface area contributed by atoms with E-state index in [1.165, 1.54) is 5.56 Å². The molecule has 1 aliphatic rings. The maximum atomic E-state index is 6.05. The first-order chi connectivity index (χ1) is 7.95. The van der Waals surface area contributed by atoms with E-state index >= 15 is 0 Å². The molecule has 0 spiro atoms. The fourth-order valence-corrected chi connectivity index (χ4v) is 2.28. The highest BCUT2D eigenvalue weighted by Crippen LogP contribution is 2.34. The van der Waals surface area contributed by atoms with Crippen LogP contribution < -0.4 is 10.6 Å². The largest absolute Gasteiger partial charge is 0.369 e. The van der Waals surface area contributed by atoms with Gasteiger partial charge in [-0.3, -0.25) is 4.99 Å². The maximum absolute atomic E-state index is 6.05. The summed E-state index contributed by atoms with van der Waals surface area (Å²) in [6.07, 6.45) is 0. The third-order valence-electron chi connectivity index (χ3n) is 3.80. The van der Waals surface area contributed by atoms with Gasteiger partial charge in [0.1, 0.15) is 0 Å². The first-order valence-corrected chi connectivity index (χ1v) is 6.12. The highest BCUT2D eigenvalue weighted by atomic mass is 15.4. The van der Waals surface area contributed by atoms with E-state index in [1.807, 2.05) is 0 Å². The van der Waals surface area contributed by atoms with Crippen molar-refractivity contribution in [1.29, 1.82) is 0 Å². The smallest absolute Gasteiger partial charge is 0.196 e. The molecular weight excluding hydrogens is 210 g/mol. The number of nitrogens with zero attached hydrogens (tertiary/aromatic N) is 2. The van der Waals surface area contributed by atoms with Crippen LogP contribution >= 0.6 is 0 Å². The standard InChI is InChI=1S/C14H21N3/c1-10(2)14(4)9-16-13(15)17(14)12-7-5-6-11(3)8-12/h5-8,10H,9H2,1-4H3,(H2,15,16). The molecule has 1 unspecified atom stereocenters. The molecule has 1 aliphatic heterocycles. The number of anilines is 1. The summed E-state index contributed by atoms with van der Waals surface area (Å²) in [6, 6.07) is 8.42. The Morgan fingerprint density at radius 1 is 1.41 bits per heavy atom. The SMILES string of the molecule is Cc1cccc(N2C(N)=NCC2(C)C(C)C)c1.